The van der Waals surface area contributed by atoms with Crippen molar-refractivity contribution in [2.75, 3.05) is 5.32 Å². The summed E-state index contributed by atoms with van der Waals surface area (Å²) >= 11 is 18.4. The molecule has 3 aromatic rings. The van der Waals surface area contributed by atoms with Gasteiger partial charge in [0.2, 0.25) is 0 Å². The van der Waals surface area contributed by atoms with Crippen molar-refractivity contribution in [3.05, 3.63) is 69.3 Å². The molecule has 1 aromatic heterocycles. The summed E-state index contributed by atoms with van der Waals surface area (Å²) in [6, 6.07) is 13.4. The van der Waals surface area contributed by atoms with E-state index in [2.05, 4.69) is 10.3 Å². The third-order valence-corrected chi connectivity index (χ3v) is 4.41. The van der Waals surface area contributed by atoms with Crippen LogP contribution in [0.15, 0.2) is 48.7 Å². The van der Waals surface area contributed by atoms with Crippen LogP contribution in [-0.2, 0) is 6.54 Å². The first kappa shape index (κ1) is 14.5. The smallest absolute Gasteiger partial charge is 0.0703 e. The molecule has 21 heavy (non-hydrogen) atoms. The summed E-state index contributed by atoms with van der Waals surface area (Å²) in [4.78, 5) is 4.29. The molecule has 0 radical (unpaired) electrons. The Balaban J connectivity index is 1.85. The van der Waals surface area contributed by atoms with Gasteiger partial charge in [-0.25, -0.2) is 0 Å². The Kier molecular flexibility index (Phi) is 4.20. The summed E-state index contributed by atoms with van der Waals surface area (Å²) in [7, 11) is 0. The van der Waals surface area contributed by atoms with Crippen molar-refractivity contribution in [1.29, 1.82) is 0 Å². The quantitative estimate of drug-likeness (QED) is 0.610. The molecule has 1 N–H and O–H groups in total. The van der Waals surface area contributed by atoms with Crippen molar-refractivity contribution < 1.29 is 0 Å². The molecule has 5 heteroatoms. The average molecular weight is 338 g/mol. The van der Waals surface area contributed by atoms with Crippen LogP contribution in [0.2, 0.25) is 15.1 Å². The first-order valence-electron chi connectivity index (χ1n) is 6.36. The van der Waals surface area contributed by atoms with Gasteiger partial charge in [0.05, 0.1) is 15.6 Å². The number of nitrogens with zero attached hydrogens (tertiary/aromatic N) is 1. The highest BCUT2D eigenvalue weighted by Crippen LogP contribution is 2.32. The van der Waals surface area contributed by atoms with Gasteiger partial charge >= 0.3 is 0 Å². The zero-order chi connectivity index (χ0) is 14.8. The molecule has 0 unspecified atom stereocenters. The molecule has 2 nitrogen and oxygen atoms in total. The Morgan fingerprint density at radius 3 is 2.62 bits per heavy atom. The molecule has 0 saturated carbocycles. The van der Waals surface area contributed by atoms with Crippen LogP contribution in [0.4, 0.5) is 5.69 Å². The largest absolute Gasteiger partial charge is 0.381 e. The van der Waals surface area contributed by atoms with Gasteiger partial charge in [-0.1, -0.05) is 40.9 Å². The van der Waals surface area contributed by atoms with Crippen molar-refractivity contribution in [3.63, 3.8) is 0 Å². The van der Waals surface area contributed by atoms with Gasteiger partial charge in [-0.15, -0.1) is 0 Å². The lowest BCUT2D eigenvalue weighted by Gasteiger charge is -2.11. The zero-order valence-corrected chi connectivity index (χ0v) is 13.2. The maximum absolute atomic E-state index is 6.19. The lowest BCUT2D eigenvalue weighted by molar-refractivity contribution is 1.15. The second kappa shape index (κ2) is 6.10. The second-order valence-corrected chi connectivity index (χ2v) is 5.78. The van der Waals surface area contributed by atoms with Crippen molar-refractivity contribution in [2.45, 2.75) is 6.54 Å². The molecule has 3 rings (SSSR count). The highest BCUT2D eigenvalue weighted by molar-refractivity contribution is 6.44. The summed E-state index contributed by atoms with van der Waals surface area (Å²) in [5, 5.41) is 5.96. The van der Waals surface area contributed by atoms with Crippen LogP contribution in [0.25, 0.3) is 10.9 Å². The van der Waals surface area contributed by atoms with Crippen LogP contribution in [-0.4, -0.2) is 4.98 Å². The Bertz CT molecular complexity index is 803. The number of aromatic nitrogens is 1. The average Bonchev–Trinajstić information content (AvgIpc) is 2.51. The fourth-order valence-corrected chi connectivity index (χ4v) is 2.79. The topological polar surface area (TPSA) is 24.9 Å². The number of benzene rings is 2. The molecular formula is C16H11Cl3N2. The summed E-state index contributed by atoms with van der Waals surface area (Å²) in [5.41, 5.74) is 2.72. The van der Waals surface area contributed by atoms with Crippen molar-refractivity contribution in [3.8, 4) is 0 Å². The van der Waals surface area contributed by atoms with Crippen molar-refractivity contribution in [1.82, 2.24) is 4.98 Å². The van der Waals surface area contributed by atoms with Gasteiger partial charge in [-0.2, -0.15) is 0 Å². The van der Waals surface area contributed by atoms with E-state index in [1.807, 2.05) is 30.3 Å². The summed E-state index contributed by atoms with van der Waals surface area (Å²) in [6.45, 7) is 0.504. The van der Waals surface area contributed by atoms with E-state index in [1.54, 1.807) is 18.3 Å². The molecule has 0 bridgehead atoms. The number of rotatable bonds is 3. The summed E-state index contributed by atoms with van der Waals surface area (Å²) < 4.78 is 0. The molecule has 1 heterocycles. The Labute approximate surface area is 137 Å². The molecule has 2 aromatic carbocycles. The summed E-state index contributed by atoms with van der Waals surface area (Å²) in [6.07, 6.45) is 1.78. The monoisotopic (exact) mass is 336 g/mol. The molecule has 0 aliphatic rings. The lowest BCUT2D eigenvalue weighted by Crippen LogP contribution is -2.01. The summed E-state index contributed by atoms with van der Waals surface area (Å²) in [5.74, 6) is 0. The van der Waals surface area contributed by atoms with Gasteiger partial charge < -0.3 is 5.32 Å². The van der Waals surface area contributed by atoms with Crippen molar-refractivity contribution in [2.24, 2.45) is 0 Å². The van der Waals surface area contributed by atoms with Crippen LogP contribution in [0.5, 0.6) is 0 Å². The maximum atomic E-state index is 6.19. The fraction of sp³-hybridized carbons (Fsp3) is 0.0625. The fourth-order valence-electron chi connectivity index (χ4n) is 2.11. The van der Waals surface area contributed by atoms with Crippen LogP contribution < -0.4 is 5.32 Å². The first-order valence-corrected chi connectivity index (χ1v) is 7.49. The van der Waals surface area contributed by atoms with Gasteiger partial charge in [-0.05, 0) is 36.4 Å². The standard InChI is InChI=1S/C16H11Cl3N2/c17-13-4-5-14(18)16(19)12(13)9-21-11-3-6-15-10(8-11)2-1-7-20-15/h1-8,21H,9H2. The minimum Gasteiger partial charge on any atom is -0.381 e. The van der Waals surface area contributed by atoms with Crippen LogP contribution in [0, 0.1) is 0 Å². The number of nitrogens with one attached hydrogen (secondary N) is 1. The van der Waals surface area contributed by atoms with E-state index in [0.717, 1.165) is 22.2 Å². The molecule has 0 fully saturated rings. The normalized spacial score (nSPS) is 10.8. The van der Waals surface area contributed by atoms with Gasteiger partial charge in [0, 0.05) is 34.4 Å². The van der Waals surface area contributed by atoms with E-state index in [0.29, 0.717) is 21.6 Å². The maximum Gasteiger partial charge on any atom is 0.0703 e. The number of pyridine rings is 1. The predicted octanol–water partition coefficient (Wildman–Crippen LogP) is 5.81. The Hall–Kier alpha value is -1.48. The van der Waals surface area contributed by atoms with E-state index in [-0.39, 0.29) is 0 Å². The molecule has 106 valence electrons. The Morgan fingerprint density at radius 1 is 0.952 bits per heavy atom. The van der Waals surface area contributed by atoms with E-state index >= 15 is 0 Å². The van der Waals surface area contributed by atoms with Gasteiger partial charge in [0.1, 0.15) is 0 Å². The van der Waals surface area contributed by atoms with Gasteiger partial charge in [0.25, 0.3) is 0 Å². The predicted molar refractivity (Wildman–Crippen MR) is 90.5 cm³/mol. The molecule has 0 amide bonds. The van der Waals surface area contributed by atoms with E-state index in [1.165, 1.54) is 0 Å². The number of halogens is 3. The van der Waals surface area contributed by atoms with Crippen LogP contribution in [0.1, 0.15) is 5.56 Å². The van der Waals surface area contributed by atoms with Crippen LogP contribution >= 0.6 is 34.8 Å². The highest BCUT2D eigenvalue weighted by Gasteiger charge is 2.09. The van der Waals surface area contributed by atoms with E-state index in [4.69, 9.17) is 34.8 Å². The minimum absolute atomic E-state index is 0.485. The van der Waals surface area contributed by atoms with E-state index in [9.17, 15) is 0 Å². The lowest BCUT2D eigenvalue weighted by atomic mass is 10.2. The number of fused-ring (bicyclic) bond motifs is 1. The second-order valence-electron chi connectivity index (χ2n) is 4.59. The molecule has 0 aliphatic carbocycles. The van der Waals surface area contributed by atoms with Gasteiger partial charge in [-0.3, -0.25) is 4.98 Å². The molecule has 0 spiro atoms. The Morgan fingerprint density at radius 2 is 1.76 bits per heavy atom. The van der Waals surface area contributed by atoms with Crippen molar-refractivity contribution >= 4 is 51.4 Å². The first-order chi connectivity index (χ1) is 10.1. The highest BCUT2D eigenvalue weighted by atomic mass is 35.5. The number of hydrogen-bond acceptors (Lipinski definition) is 2. The molecule has 0 saturated heterocycles. The third-order valence-electron chi connectivity index (χ3n) is 3.21. The molecule has 0 atom stereocenters. The SMILES string of the molecule is Clc1ccc(Cl)c(CNc2ccc3ncccc3c2)c1Cl. The van der Waals surface area contributed by atoms with Gasteiger partial charge in [0.15, 0.2) is 0 Å². The van der Waals surface area contributed by atoms with E-state index < -0.39 is 0 Å². The van der Waals surface area contributed by atoms with Crippen LogP contribution in [0.3, 0.4) is 0 Å². The third kappa shape index (κ3) is 3.08. The number of hydrogen-bond donors (Lipinski definition) is 1. The molecular weight excluding hydrogens is 327 g/mol. The molecule has 0 aliphatic heterocycles. The minimum atomic E-state index is 0.485. The zero-order valence-electron chi connectivity index (χ0n) is 10.9. The number of anilines is 1.